The molecule has 2 aromatic heterocycles. The number of carbonyl (C=O) groups is 2. The van der Waals surface area contributed by atoms with Crippen LogP contribution in [0.3, 0.4) is 0 Å². The van der Waals surface area contributed by atoms with E-state index in [1.54, 1.807) is 13.3 Å². The molecule has 0 saturated heterocycles. The molecule has 1 amide bonds. The van der Waals surface area contributed by atoms with E-state index in [4.69, 9.17) is 4.74 Å². The van der Waals surface area contributed by atoms with Gasteiger partial charge in [-0.05, 0) is 51.5 Å². The van der Waals surface area contributed by atoms with E-state index in [0.717, 1.165) is 24.8 Å². The Labute approximate surface area is 173 Å². The van der Waals surface area contributed by atoms with Crippen LogP contribution in [-0.4, -0.2) is 39.0 Å². The molecule has 28 heavy (non-hydrogen) atoms. The number of hydrogen-bond acceptors (Lipinski definition) is 7. The summed E-state index contributed by atoms with van der Waals surface area (Å²) in [6.07, 6.45) is 4.50. The van der Waals surface area contributed by atoms with E-state index in [2.05, 4.69) is 22.4 Å². The molecule has 1 N–H and O–H groups in total. The lowest BCUT2D eigenvalue weighted by Crippen LogP contribution is -2.18. The van der Waals surface area contributed by atoms with Crippen molar-refractivity contribution >= 4 is 40.0 Å². The fourth-order valence-electron chi connectivity index (χ4n) is 3.24. The number of esters is 1. The van der Waals surface area contributed by atoms with Crippen LogP contribution >= 0.6 is 23.1 Å². The Hall–Kier alpha value is -1.87. The highest BCUT2D eigenvalue weighted by Gasteiger charge is 2.29. The zero-order valence-electron chi connectivity index (χ0n) is 16.7. The van der Waals surface area contributed by atoms with Gasteiger partial charge in [-0.1, -0.05) is 18.7 Å². The molecule has 2 heterocycles. The summed E-state index contributed by atoms with van der Waals surface area (Å²) in [7, 11) is 0. The third-order valence-corrected chi connectivity index (χ3v) is 6.80. The first kappa shape index (κ1) is 20.9. The van der Waals surface area contributed by atoms with Gasteiger partial charge in [0, 0.05) is 10.9 Å². The summed E-state index contributed by atoms with van der Waals surface area (Å²) < 4.78 is 7.18. The van der Waals surface area contributed by atoms with Gasteiger partial charge in [-0.15, -0.1) is 21.5 Å². The highest BCUT2D eigenvalue weighted by atomic mass is 32.2. The topological polar surface area (TPSA) is 86.1 Å². The van der Waals surface area contributed by atoms with Crippen molar-refractivity contribution in [3.05, 3.63) is 22.3 Å². The maximum atomic E-state index is 12.6. The Balaban J connectivity index is 1.74. The van der Waals surface area contributed by atoms with Gasteiger partial charge in [0.2, 0.25) is 5.91 Å². The first-order valence-electron chi connectivity index (χ1n) is 9.54. The minimum absolute atomic E-state index is 0.166. The normalized spacial score (nSPS) is 16.1. The van der Waals surface area contributed by atoms with Crippen LogP contribution < -0.4 is 5.32 Å². The van der Waals surface area contributed by atoms with Crippen LogP contribution in [0.25, 0.3) is 0 Å². The van der Waals surface area contributed by atoms with E-state index in [9.17, 15) is 9.59 Å². The number of aromatic nitrogens is 3. The monoisotopic (exact) mass is 422 g/mol. The zero-order chi connectivity index (χ0) is 20.3. The summed E-state index contributed by atoms with van der Waals surface area (Å²) in [4.78, 5) is 26.3. The molecule has 3 rings (SSSR count). The number of fused-ring (bicyclic) bond motifs is 1. The number of nitrogens with one attached hydrogen (secondary N) is 1. The van der Waals surface area contributed by atoms with Gasteiger partial charge in [0.1, 0.15) is 11.3 Å². The van der Waals surface area contributed by atoms with Crippen LogP contribution in [0.15, 0.2) is 11.5 Å². The third-order valence-electron chi connectivity index (χ3n) is 4.67. The van der Waals surface area contributed by atoms with Gasteiger partial charge >= 0.3 is 5.97 Å². The fraction of sp³-hybridized carbons (Fsp3) is 0.579. The van der Waals surface area contributed by atoms with Crippen molar-refractivity contribution < 1.29 is 14.3 Å². The molecule has 7 nitrogen and oxygen atoms in total. The lowest BCUT2D eigenvalue weighted by Gasteiger charge is -2.18. The molecule has 0 bridgehead atoms. The average Bonchev–Trinajstić information content (AvgIpc) is 3.23. The molecule has 152 valence electrons. The molecule has 2 aromatic rings. The number of thioether (sulfide) groups is 1. The molecule has 0 spiro atoms. The number of nitrogens with zero attached hydrogens (tertiary/aromatic N) is 3. The first-order valence-corrected chi connectivity index (χ1v) is 11.3. The van der Waals surface area contributed by atoms with E-state index in [1.807, 2.05) is 18.4 Å². The van der Waals surface area contributed by atoms with Crippen LogP contribution in [-0.2, 0) is 22.4 Å². The summed E-state index contributed by atoms with van der Waals surface area (Å²) in [6, 6.07) is 0.224. The first-order chi connectivity index (χ1) is 13.4. The van der Waals surface area contributed by atoms with Crippen LogP contribution in [0, 0.1) is 5.92 Å². The Kier molecular flexibility index (Phi) is 6.77. The number of thiophene rings is 1. The van der Waals surface area contributed by atoms with Gasteiger partial charge in [0.25, 0.3) is 0 Å². The molecular weight excluding hydrogens is 396 g/mol. The molecule has 0 fully saturated rings. The second kappa shape index (κ2) is 9.09. The van der Waals surface area contributed by atoms with Gasteiger partial charge in [0.05, 0.1) is 17.9 Å². The van der Waals surface area contributed by atoms with Gasteiger partial charge in [-0.25, -0.2) is 4.79 Å². The SMILES string of the molecule is CCOC(=O)c1c(NC(=O)CSc2nncn2C(C)C)sc2c1CC[C@@H](C)C2. The van der Waals surface area contributed by atoms with Crippen molar-refractivity contribution in [1.82, 2.24) is 14.8 Å². The van der Waals surface area contributed by atoms with Crippen molar-refractivity contribution in [2.45, 2.75) is 58.2 Å². The molecular formula is C19H26N4O3S2. The van der Waals surface area contributed by atoms with E-state index in [0.29, 0.717) is 28.2 Å². The van der Waals surface area contributed by atoms with E-state index >= 15 is 0 Å². The molecule has 0 saturated carbocycles. The summed E-state index contributed by atoms with van der Waals surface area (Å²) >= 11 is 2.84. The smallest absolute Gasteiger partial charge is 0.341 e. The quantitative estimate of drug-likeness (QED) is 0.537. The van der Waals surface area contributed by atoms with Gasteiger partial charge < -0.3 is 14.6 Å². The maximum Gasteiger partial charge on any atom is 0.341 e. The summed E-state index contributed by atoms with van der Waals surface area (Å²) in [5.41, 5.74) is 1.58. The predicted molar refractivity (Wildman–Crippen MR) is 111 cm³/mol. The number of carbonyl (C=O) groups excluding carboxylic acids is 2. The summed E-state index contributed by atoms with van der Waals surface area (Å²) in [5.74, 6) is 0.271. The van der Waals surface area contributed by atoms with Crippen LogP contribution in [0.2, 0.25) is 0 Å². The molecule has 0 aliphatic heterocycles. The van der Waals surface area contributed by atoms with Gasteiger partial charge in [0.15, 0.2) is 5.16 Å². The lowest BCUT2D eigenvalue weighted by molar-refractivity contribution is -0.113. The van der Waals surface area contributed by atoms with E-state index in [-0.39, 0.29) is 23.7 Å². The molecule has 1 atom stereocenters. The van der Waals surface area contributed by atoms with Crippen LogP contribution in [0.4, 0.5) is 5.00 Å². The molecule has 0 radical (unpaired) electrons. The fourth-order valence-corrected chi connectivity index (χ4v) is 5.50. The van der Waals surface area contributed by atoms with E-state index < -0.39 is 0 Å². The van der Waals surface area contributed by atoms with Crippen molar-refractivity contribution in [3.8, 4) is 0 Å². The van der Waals surface area contributed by atoms with E-state index in [1.165, 1.54) is 28.0 Å². The Morgan fingerprint density at radius 2 is 2.25 bits per heavy atom. The summed E-state index contributed by atoms with van der Waals surface area (Å²) in [6.45, 7) is 8.39. The largest absolute Gasteiger partial charge is 0.462 e. The Morgan fingerprint density at radius 3 is 2.96 bits per heavy atom. The average molecular weight is 423 g/mol. The minimum atomic E-state index is -0.350. The molecule has 0 aromatic carbocycles. The second-order valence-corrected chi connectivity index (χ2v) is 9.28. The van der Waals surface area contributed by atoms with Gasteiger partial charge in [-0.3, -0.25) is 4.79 Å². The van der Waals surface area contributed by atoms with Crippen molar-refractivity contribution in [3.63, 3.8) is 0 Å². The predicted octanol–water partition coefficient (Wildman–Crippen LogP) is 3.95. The molecule has 0 unspecified atom stereocenters. The van der Waals surface area contributed by atoms with Crippen molar-refractivity contribution in [2.24, 2.45) is 5.92 Å². The highest BCUT2D eigenvalue weighted by Crippen LogP contribution is 2.40. The Morgan fingerprint density at radius 1 is 1.46 bits per heavy atom. The second-order valence-electron chi connectivity index (χ2n) is 7.23. The van der Waals surface area contributed by atoms with Crippen molar-refractivity contribution in [2.75, 3.05) is 17.7 Å². The van der Waals surface area contributed by atoms with Gasteiger partial charge in [-0.2, -0.15) is 0 Å². The van der Waals surface area contributed by atoms with Crippen molar-refractivity contribution in [1.29, 1.82) is 0 Å². The Bertz CT molecular complexity index is 859. The number of ether oxygens (including phenoxy) is 1. The minimum Gasteiger partial charge on any atom is -0.462 e. The molecule has 1 aliphatic carbocycles. The number of rotatable bonds is 7. The third kappa shape index (κ3) is 4.57. The standard InChI is InChI=1S/C19H26N4O3S2/c1-5-26-18(25)16-13-7-6-12(4)8-14(13)28-17(16)21-15(24)9-27-19-22-20-10-23(19)11(2)3/h10-12H,5-9H2,1-4H3,(H,21,24)/t12-/m1/s1. The molecule has 1 aliphatic rings. The summed E-state index contributed by atoms with van der Waals surface area (Å²) in [5, 5.41) is 12.2. The van der Waals surface area contributed by atoms with Crippen LogP contribution in [0.1, 0.15) is 61.0 Å². The number of hydrogen-bond donors (Lipinski definition) is 1. The zero-order valence-corrected chi connectivity index (χ0v) is 18.3. The number of amides is 1. The molecule has 9 heteroatoms. The highest BCUT2D eigenvalue weighted by molar-refractivity contribution is 7.99. The number of anilines is 1. The van der Waals surface area contributed by atoms with Crippen LogP contribution in [0.5, 0.6) is 0 Å². The lowest BCUT2D eigenvalue weighted by atomic mass is 9.88. The maximum absolute atomic E-state index is 12.6.